The summed E-state index contributed by atoms with van der Waals surface area (Å²) in [7, 11) is 0. The van der Waals surface area contributed by atoms with Crippen molar-refractivity contribution in [2.24, 2.45) is 0 Å². The van der Waals surface area contributed by atoms with E-state index in [0.717, 1.165) is 0 Å². The fourth-order valence-electron chi connectivity index (χ4n) is 2.07. The third-order valence-corrected chi connectivity index (χ3v) is 3.67. The zero-order valence-electron chi connectivity index (χ0n) is 12.7. The molecule has 9 atom stereocenters. The molecule has 0 aliphatic carbocycles. The van der Waals surface area contributed by atoms with Gasteiger partial charge in [0, 0.05) is 0 Å². The number of aliphatic hydroxyl groups excluding tert-OH is 9. The second-order valence-electron chi connectivity index (χ2n) is 5.49. The van der Waals surface area contributed by atoms with Crippen molar-refractivity contribution in [2.45, 2.75) is 54.8 Å². The summed E-state index contributed by atoms with van der Waals surface area (Å²) in [5.74, 6) is -5.15. The van der Waals surface area contributed by atoms with Gasteiger partial charge in [-0.1, -0.05) is 0 Å². The highest BCUT2D eigenvalue weighted by Crippen LogP contribution is 2.29. The third kappa shape index (κ3) is 4.60. The normalized spacial score (nSPS) is 37.8. The monoisotopic (exact) mass is 374 g/mol. The van der Waals surface area contributed by atoms with E-state index in [0.29, 0.717) is 0 Å². The molecule has 4 unspecified atom stereocenters. The van der Waals surface area contributed by atoms with E-state index in [9.17, 15) is 40.5 Å². The van der Waals surface area contributed by atoms with Gasteiger partial charge in [0.1, 0.15) is 36.6 Å². The Morgan fingerprint density at radius 2 is 1.60 bits per heavy atom. The van der Waals surface area contributed by atoms with Crippen molar-refractivity contribution in [3.05, 3.63) is 0 Å². The first-order valence-electron chi connectivity index (χ1n) is 7.11. The van der Waals surface area contributed by atoms with Crippen LogP contribution in [0.3, 0.4) is 0 Å². The Hall–Kier alpha value is -0.970. The van der Waals surface area contributed by atoms with Crippen LogP contribution in [0.15, 0.2) is 0 Å². The Balaban J connectivity index is 2.86. The van der Waals surface area contributed by atoms with Crippen LogP contribution in [0, 0.1) is 0 Å². The lowest BCUT2D eigenvalue weighted by molar-refractivity contribution is -0.435. The Bertz CT molecular complexity index is 445. The van der Waals surface area contributed by atoms with Crippen LogP contribution in [0.2, 0.25) is 0 Å². The minimum absolute atomic E-state index is 0.947. The summed E-state index contributed by atoms with van der Waals surface area (Å²) in [5.41, 5.74) is 0. The molecule has 0 saturated carbocycles. The molecule has 0 bridgehead atoms. The first kappa shape index (κ1) is 22.1. The van der Waals surface area contributed by atoms with Crippen LogP contribution in [0.1, 0.15) is 0 Å². The molecule has 0 aromatic rings. The van der Waals surface area contributed by atoms with Gasteiger partial charge in [-0.25, -0.2) is 4.79 Å². The topological polar surface area (TPSA) is 238 Å². The van der Waals surface area contributed by atoms with E-state index in [-0.39, 0.29) is 0 Å². The first-order chi connectivity index (χ1) is 11.5. The van der Waals surface area contributed by atoms with Crippen LogP contribution in [0.4, 0.5) is 0 Å². The molecule has 0 radical (unpaired) electrons. The second kappa shape index (κ2) is 8.61. The number of esters is 1. The maximum Gasteiger partial charge on any atom is 0.357 e. The van der Waals surface area contributed by atoms with Gasteiger partial charge in [-0.2, -0.15) is 0 Å². The SMILES string of the molecule is O=C(O[C@@]1(O)O[C@H](CO)[C@H](O)[C@H](O)[C@H]1O)C(O)C(O)C(O)C(O)CO. The third-order valence-electron chi connectivity index (χ3n) is 3.67. The number of rotatable bonds is 7. The van der Waals surface area contributed by atoms with E-state index in [1.165, 1.54) is 0 Å². The van der Waals surface area contributed by atoms with Crippen molar-refractivity contribution in [1.82, 2.24) is 0 Å². The van der Waals surface area contributed by atoms with E-state index in [2.05, 4.69) is 9.47 Å². The van der Waals surface area contributed by atoms with Crippen LogP contribution in [-0.4, -0.2) is 125 Å². The summed E-state index contributed by atoms with van der Waals surface area (Å²) in [6.07, 6.45) is -17.0. The maximum absolute atomic E-state index is 11.8. The van der Waals surface area contributed by atoms with Crippen LogP contribution < -0.4 is 0 Å². The average Bonchev–Trinajstić information content (AvgIpc) is 2.60. The summed E-state index contributed by atoms with van der Waals surface area (Å²) in [6, 6.07) is 0. The smallest absolute Gasteiger partial charge is 0.357 e. The van der Waals surface area contributed by atoms with Gasteiger partial charge in [0.15, 0.2) is 12.2 Å². The lowest BCUT2D eigenvalue weighted by Gasteiger charge is -2.44. The molecule has 148 valence electrons. The largest absolute Gasteiger partial charge is 0.404 e. The molecule has 13 heteroatoms. The van der Waals surface area contributed by atoms with Gasteiger partial charge in [-0.3, -0.25) is 0 Å². The average molecular weight is 374 g/mol. The zero-order chi connectivity index (χ0) is 19.5. The standard InChI is InChI=1S/C12H22O13/c13-1-3(15)5(16)7(18)9(20)11(22)25-12(23)10(21)8(19)6(17)4(2-14)24-12/h3-10,13-21,23H,1-2H2/t3?,4-,5?,6+,7?,8+,9?,10-,12+/m1/s1. The predicted molar refractivity (Wildman–Crippen MR) is 72.1 cm³/mol. The maximum atomic E-state index is 11.8. The first-order valence-corrected chi connectivity index (χ1v) is 7.11. The van der Waals surface area contributed by atoms with Crippen LogP contribution in [0.25, 0.3) is 0 Å². The number of carbonyl (C=O) groups is 1. The molecule has 25 heavy (non-hydrogen) atoms. The summed E-state index contributed by atoms with van der Waals surface area (Å²) in [4.78, 5) is 11.8. The van der Waals surface area contributed by atoms with Gasteiger partial charge in [0.2, 0.25) is 0 Å². The number of hydrogen-bond acceptors (Lipinski definition) is 13. The van der Waals surface area contributed by atoms with Crippen LogP contribution in [-0.2, 0) is 14.3 Å². The molecular weight excluding hydrogens is 352 g/mol. The minimum Gasteiger partial charge on any atom is -0.404 e. The van der Waals surface area contributed by atoms with Crippen molar-refractivity contribution in [3.8, 4) is 0 Å². The molecule has 0 amide bonds. The quantitative estimate of drug-likeness (QED) is 0.147. The molecule has 0 spiro atoms. The lowest BCUT2D eigenvalue weighted by atomic mass is 9.97. The van der Waals surface area contributed by atoms with E-state index in [1.807, 2.05) is 0 Å². The molecule has 1 aliphatic heterocycles. The van der Waals surface area contributed by atoms with E-state index >= 15 is 0 Å². The minimum atomic E-state index is -3.30. The molecule has 0 aromatic heterocycles. The summed E-state index contributed by atoms with van der Waals surface area (Å²) in [5, 5.41) is 94.1. The van der Waals surface area contributed by atoms with Gasteiger partial charge < -0.3 is 60.5 Å². The van der Waals surface area contributed by atoms with Gasteiger partial charge in [0.05, 0.1) is 13.2 Å². The molecule has 13 nitrogen and oxygen atoms in total. The Morgan fingerprint density at radius 1 is 1.04 bits per heavy atom. The van der Waals surface area contributed by atoms with Crippen molar-refractivity contribution in [3.63, 3.8) is 0 Å². The molecule has 1 heterocycles. The molecule has 1 rings (SSSR count). The Labute approximate surface area is 140 Å². The second-order valence-corrected chi connectivity index (χ2v) is 5.49. The molecular formula is C12H22O13. The molecule has 1 aliphatic rings. The zero-order valence-corrected chi connectivity index (χ0v) is 12.7. The summed E-state index contributed by atoms with van der Waals surface area (Å²) in [6.45, 7) is -1.95. The lowest BCUT2D eigenvalue weighted by Crippen LogP contribution is -2.67. The predicted octanol–water partition coefficient (Wildman–Crippen LogP) is -6.91. The highest BCUT2D eigenvalue weighted by molar-refractivity contribution is 5.75. The number of carbonyl (C=O) groups excluding carboxylic acids is 1. The summed E-state index contributed by atoms with van der Waals surface area (Å²) >= 11 is 0. The molecule has 0 aromatic carbocycles. The van der Waals surface area contributed by atoms with Crippen molar-refractivity contribution < 1.29 is 65.3 Å². The highest BCUT2D eigenvalue weighted by Gasteiger charge is 2.56. The van der Waals surface area contributed by atoms with E-state index in [1.54, 1.807) is 0 Å². The number of hydrogen-bond donors (Lipinski definition) is 10. The Kier molecular flexibility index (Phi) is 7.60. The van der Waals surface area contributed by atoms with Gasteiger partial charge in [-0.15, -0.1) is 0 Å². The van der Waals surface area contributed by atoms with Crippen LogP contribution in [0.5, 0.6) is 0 Å². The fourth-order valence-corrected chi connectivity index (χ4v) is 2.07. The van der Waals surface area contributed by atoms with Crippen molar-refractivity contribution in [1.29, 1.82) is 0 Å². The van der Waals surface area contributed by atoms with Gasteiger partial charge in [0.25, 0.3) is 0 Å². The molecule has 1 fully saturated rings. The van der Waals surface area contributed by atoms with Gasteiger partial charge in [-0.05, 0) is 0 Å². The molecule has 10 N–H and O–H groups in total. The van der Waals surface area contributed by atoms with E-state index < -0.39 is 74.0 Å². The fraction of sp³-hybridized carbons (Fsp3) is 0.917. The van der Waals surface area contributed by atoms with Crippen molar-refractivity contribution in [2.75, 3.05) is 13.2 Å². The van der Waals surface area contributed by atoms with Gasteiger partial charge >= 0.3 is 11.9 Å². The van der Waals surface area contributed by atoms with Crippen molar-refractivity contribution >= 4 is 5.97 Å². The highest BCUT2D eigenvalue weighted by atomic mass is 16.8. The van der Waals surface area contributed by atoms with Crippen LogP contribution >= 0.6 is 0 Å². The van der Waals surface area contributed by atoms with E-state index in [4.69, 9.17) is 15.3 Å². The summed E-state index contributed by atoms with van der Waals surface area (Å²) < 4.78 is 8.89. The number of ether oxygens (including phenoxy) is 2. The number of aliphatic hydroxyl groups is 10. The Morgan fingerprint density at radius 3 is 2.08 bits per heavy atom. The molecule has 1 saturated heterocycles.